The summed E-state index contributed by atoms with van der Waals surface area (Å²) in [7, 11) is 1.62. The van der Waals surface area contributed by atoms with Crippen LogP contribution in [0.15, 0.2) is 30.4 Å². The van der Waals surface area contributed by atoms with Crippen LogP contribution < -0.4 is 14.2 Å². The maximum atomic E-state index is 5.92. The lowest BCUT2D eigenvalue weighted by molar-refractivity contribution is -0.138. The number of fused-ring (bicyclic) bond motifs is 2. The number of ether oxygens (including phenoxy) is 5. The highest BCUT2D eigenvalue weighted by Gasteiger charge is 2.40. The molecule has 5 nitrogen and oxygen atoms in total. The molecule has 3 aliphatic rings. The van der Waals surface area contributed by atoms with Crippen molar-refractivity contribution in [3.8, 4) is 17.2 Å². The van der Waals surface area contributed by atoms with Gasteiger partial charge in [-0.15, -0.1) is 0 Å². The molecular weight excluding hydrogens is 284 g/mol. The van der Waals surface area contributed by atoms with Crippen molar-refractivity contribution in [2.24, 2.45) is 0 Å². The molecule has 2 aliphatic heterocycles. The fourth-order valence-corrected chi connectivity index (χ4v) is 3.01. The Kier molecular flexibility index (Phi) is 2.96. The van der Waals surface area contributed by atoms with Crippen molar-refractivity contribution in [3.63, 3.8) is 0 Å². The van der Waals surface area contributed by atoms with Gasteiger partial charge in [0.05, 0.1) is 7.11 Å². The van der Waals surface area contributed by atoms with Gasteiger partial charge in [0.25, 0.3) is 0 Å². The first-order valence-electron chi connectivity index (χ1n) is 7.29. The van der Waals surface area contributed by atoms with E-state index in [2.05, 4.69) is 6.08 Å². The molecule has 0 aromatic heterocycles. The van der Waals surface area contributed by atoms with E-state index in [1.54, 1.807) is 7.11 Å². The molecule has 0 spiro atoms. The average Bonchev–Trinajstić information content (AvgIpc) is 3.06. The highest BCUT2D eigenvalue weighted by molar-refractivity contribution is 5.79. The number of benzene rings is 1. The summed E-state index contributed by atoms with van der Waals surface area (Å²) < 4.78 is 28.1. The van der Waals surface area contributed by atoms with Crippen molar-refractivity contribution in [2.45, 2.75) is 31.8 Å². The van der Waals surface area contributed by atoms with Crippen molar-refractivity contribution in [2.75, 3.05) is 13.9 Å². The van der Waals surface area contributed by atoms with Crippen molar-refractivity contribution in [3.05, 3.63) is 35.9 Å². The number of rotatable bonds is 2. The summed E-state index contributed by atoms with van der Waals surface area (Å²) in [5.74, 6) is 1.48. The standard InChI is InChI=1S/C17H18O5/c1-17(2)21-12-5-4-10(6-13(12)22-17)11-7-14(18-3)16-15(8-11)19-9-20-16/h4-8,12-13H,9H2,1-3H3/t12-,13+/m1/s1. The van der Waals surface area contributed by atoms with Gasteiger partial charge in [0, 0.05) is 0 Å². The molecule has 0 radical (unpaired) electrons. The summed E-state index contributed by atoms with van der Waals surface area (Å²) >= 11 is 0. The minimum atomic E-state index is -0.557. The van der Waals surface area contributed by atoms with Gasteiger partial charge in [-0.3, -0.25) is 0 Å². The van der Waals surface area contributed by atoms with Crippen molar-refractivity contribution in [1.29, 1.82) is 0 Å². The van der Waals surface area contributed by atoms with Crippen LogP contribution in [0.4, 0.5) is 0 Å². The van der Waals surface area contributed by atoms with Crippen LogP contribution in [0.25, 0.3) is 5.57 Å². The molecule has 0 bridgehead atoms. The summed E-state index contributed by atoms with van der Waals surface area (Å²) in [6.45, 7) is 4.08. The molecular formula is C17H18O5. The number of hydrogen-bond acceptors (Lipinski definition) is 5. The van der Waals surface area contributed by atoms with E-state index in [0.29, 0.717) is 17.2 Å². The second kappa shape index (κ2) is 4.76. The van der Waals surface area contributed by atoms with Crippen LogP contribution in [0.5, 0.6) is 17.2 Å². The molecule has 0 saturated carbocycles. The minimum absolute atomic E-state index is 0.0327. The number of methoxy groups -OCH3 is 1. The minimum Gasteiger partial charge on any atom is -0.493 e. The van der Waals surface area contributed by atoms with E-state index in [0.717, 1.165) is 11.1 Å². The Morgan fingerprint density at radius 2 is 1.95 bits per heavy atom. The molecule has 2 atom stereocenters. The van der Waals surface area contributed by atoms with E-state index in [-0.39, 0.29) is 19.0 Å². The Hall–Kier alpha value is -1.98. The van der Waals surface area contributed by atoms with E-state index in [1.165, 1.54) is 0 Å². The van der Waals surface area contributed by atoms with Gasteiger partial charge in [-0.1, -0.05) is 12.2 Å². The molecule has 4 rings (SSSR count). The molecule has 1 aromatic carbocycles. The van der Waals surface area contributed by atoms with Crippen molar-refractivity contribution >= 4 is 5.57 Å². The molecule has 0 unspecified atom stereocenters. The molecule has 22 heavy (non-hydrogen) atoms. The van der Waals surface area contributed by atoms with Crippen LogP contribution in [-0.4, -0.2) is 31.9 Å². The van der Waals surface area contributed by atoms with Gasteiger partial charge < -0.3 is 23.7 Å². The van der Waals surface area contributed by atoms with Gasteiger partial charge in [-0.25, -0.2) is 0 Å². The zero-order valence-corrected chi connectivity index (χ0v) is 12.8. The Morgan fingerprint density at radius 1 is 1.14 bits per heavy atom. The SMILES string of the molecule is COc1cc(C2=C[C@@H]3OC(C)(C)O[C@@H]3C=C2)cc2c1OCO2. The molecule has 0 N–H and O–H groups in total. The largest absolute Gasteiger partial charge is 0.493 e. The summed E-state index contributed by atoms with van der Waals surface area (Å²) in [6.07, 6.45) is 6.05. The van der Waals surface area contributed by atoms with E-state index in [1.807, 2.05) is 38.1 Å². The number of allylic oxidation sites excluding steroid dienone is 2. The second-order valence-corrected chi connectivity index (χ2v) is 5.96. The second-order valence-electron chi connectivity index (χ2n) is 5.96. The number of hydrogen-bond donors (Lipinski definition) is 0. The normalized spacial score (nSPS) is 27.5. The molecule has 5 heteroatoms. The van der Waals surface area contributed by atoms with E-state index in [4.69, 9.17) is 23.7 Å². The first kappa shape index (κ1) is 13.7. The lowest BCUT2D eigenvalue weighted by Gasteiger charge is -2.17. The van der Waals surface area contributed by atoms with Crippen LogP contribution >= 0.6 is 0 Å². The van der Waals surface area contributed by atoms with E-state index < -0.39 is 5.79 Å². The quantitative estimate of drug-likeness (QED) is 0.840. The highest BCUT2D eigenvalue weighted by atomic mass is 16.7. The van der Waals surface area contributed by atoms with Crippen molar-refractivity contribution < 1.29 is 23.7 Å². The van der Waals surface area contributed by atoms with Gasteiger partial charge in [0.2, 0.25) is 12.5 Å². The third kappa shape index (κ3) is 2.17. The zero-order chi connectivity index (χ0) is 15.3. The summed E-state index contributed by atoms with van der Waals surface area (Å²) in [5, 5.41) is 0. The Morgan fingerprint density at radius 3 is 2.77 bits per heavy atom. The highest BCUT2D eigenvalue weighted by Crippen LogP contribution is 2.44. The van der Waals surface area contributed by atoms with Crippen LogP contribution in [0, 0.1) is 0 Å². The van der Waals surface area contributed by atoms with Gasteiger partial charge in [0.15, 0.2) is 17.3 Å². The van der Waals surface area contributed by atoms with E-state index >= 15 is 0 Å². The molecule has 1 saturated heterocycles. The maximum absolute atomic E-state index is 5.92. The lowest BCUT2D eigenvalue weighted by Crippen LogP contribution is -2.20. The molecule has 1 fully saturated rings. The molecule has 0 amide bonds. The lowest BCUT2D eigenvalue weighted by atomic mass is 9.96. The smallest absolute Gasteiger partial charge is 0.231 e. The predicted octanol–water partition coefficient (Wildman–Crippen LogP) is 2.90. The van der Waals surface area contributed by atoms with Crippen molar-refractivity contribution in [1.82, 2.24) is 0 Å². The Bertz CT molecular complexity index is 674. The molecule has 1 aromatic rings. The van der Waals surface area contributed by atoms with Crippen LogP contribution in [0.3, 0.4) is 0 Å². The maximum Gasteiger partial charge on any atom is 0.231 e. The first-order valence-corrected chi connectivity index (χ1v) is 7.29. The van der Waals surface area contributed by atoms with Crippen LogP contribution in [0.2, 0.25) is 0 Å². The topological polar surface area (TPSA) is 46.2 Å². The Labute approximate surface area is 129 Å². The van der Waals surface area contributed by atoms with E-state index in [9.17, 15) is 0 Å². The third-order valence-electron chi connectivity index (χ3n) is 3.96. The fraction of sp³-hybridized carbons (Fsp3) is 0.412. The monoisotopic (exact) mass is 302 g/mol. The Balaban J connectivity index is 1.70. The summed E-state index contributed by atoms with van der Waals surface area (Å²) in [5.41, 5.74) is 2.06. The molecule has 116 valence electrons. The van der Waals surface area contributed by atoms with Gasteiger partial charge in [-0.2, -0.15) is 0 Å². The summed E-state index contributed by atoms with van der Waals surface area (Å²) in [6, 6.07) is 3.91. The van der Waals surface area contributed by atoms with Crippen LogP contribution in [0.1, 0.15) is 19.4 Å². The first-order chi connectivity index (χ1) is 10.6. The fourth-order valence-electron chi connectivity index (χ4n) is 3.01. The van der Waals surface area contributed by atoms with Gasteiger partial charge >= 0.3 is 0 Å². The molecule has 2 heterocycles. The van der Waals surface area contributed by atoms with Crippen LogP contribution in [-0.2, 0) is 9.47 Å². The molecule has 1 aliphatic carbocycles. The third-order valence-corrected chi connectivity index (χ3v) is 3.96. The average molecular weight is 302 g/mol. The van der Waals surface area contributed by atoms with Gasteiger partial charge in [-0.05, 0) is 43.2 Å². The zero-order valence-electron chi connectivity index (χ0n) is 12.8. The predicted molar refractivity (Wildman–Crippen MR) is 80.1 cm³/mol. The van der Waals surface area contributed by atoms with Gasteiger partial charge in [0.1, 0.15) is 12.2 Å². The summed E-state index contributed by atoms with van der Waals surface area (Å²) in [4.78, 5) is 0.